The molecular formula is C25H44N4O6. The molecule has 1 saturated heterocycles. The average molecular weight is 497 g/mol. The van der Waals surface area contributed by atoms with Crippen LogP contribution in [-0.2, 0) is 25.7 Å². The van der Waals surface area contributed by atoms with Gasteiger partial charge in [-0.2, -0.15) is 0 Å². The number of nitrogens with two attached hydrogens (primary N) is 2. The summed E-state index contributed by atoms with van der Waals surface area (Å²) in [7, 11) is 2.93. The fourth-order valence-corrected chi connectivity index (χ4v) is 2.98. The number of hydrogen-bond donors (Lipinski definition) is 5. The number of ether oxygens (including phenoxy) is 1. The highest BCUT2D eigenvalue weighted by Gasteiger charge is 2.29. The number of aliphatic hydroxyl groups excluding tert-OH is 2. The quantitative estimate of drug-likeness (QED) is 0.106. The molecule has 7 N–H and O–H groups in total. The van der Waals surface area contributed by atoms with Crippen LogP contribution in [0.15, 0.2) is 24.3 Å². The molecule has 1 unspecified atom stereocenters. The summed E-state index contributed by atoms with van der Waals surface area (Å²) >= 11 is 0. The van der Waals surface area contributed by atoms with Gasteiger partial charge in [-0.25, -0.2) is 0 Å². The van der Waals surface area contributed by atoms with Gasteiger partial charge in [-0.15, -0.1) is 6.42 Å². The van der Waals surface area contributed by atoms with Gasteiger partial charge in [0.05, 0.1) is 6.10 Å². The van der Waals surface area contributed by atoms with Crippen LogP contribution in [0.3, 0.4) is 0 Å². The van der Waals surface area contributed by atoms with Crippen molar-refractivity contribution in [3.05, 3.63) is 35.4 Å². The Hall–Kier alpha value is -2.65. The lowest BCUT2D eigenvalue weighted by Gasteiger charge is -2.26. The minimum atomic E-state index is -0.368. The van der Waals surface area contributed by atoms with Crippen molar-refractivity contribution in [3.63, 3.8) is 0 Å². The SMILES string of the molecule is C#Cc1ccc(CNC)cc1.C=O.CC(C)(CCOCC=O)CC(=O)N1CCC(O)C1.CO.NN. The number of aldehydes is 1. The second kappa shape index (κ2) is 24.5. The van der Waals surface area contributed by atoms with Crippen molar-refractivity contribution < 1.29 is 29.3 Å². The summed E-state index contributed by atoms with van der Waals surface area (Å²) in [5.41, 5.74) is 2.05. The van der Waals surface area contributed by atoms with Crippen LogP contribution in [0, 0.1) is 17.8 Å². The average Bonchev–Trinajstić information content (AvgIpc) is 3.33. The molecule has 0 aliphatic carbocycles. The molecule has 2 rings (SSSR count). The zero-order valence-corrected chi connectivity index (χ0v) is 21.5. The maximum absolute atomic E-state index is 12.0. The van der Waals surface area contributed by atoms with Crippen molar-refractivity contribution in [2.75, 3.05) is 40.5 Å². The van der Waals surface area contributed by atoms with Crippen LogP contribution in [0.25, 0.3) is 0 Å². The van der Waals surface area contributed by atoms with Gasteiger partial charge in [0.15, 0.2) is 0 Å². The molecule has 0 saturated carbocycles. The van der Waals surface area contributed by atoms with E-state index in [-0.39, 0.29) is 24.0 Å². The molecule has 35 heavy (non-hydrogen) atoms. The number of nitrogens with one attached hydrogen (secondary N) is 1. The Morgan fingerprint density at radius 2 is 1.89 bits per heavy atom. The van der Waals surface area contributed by atoms with Crippen molar-refractivity contribution in [2.45, 2.75) is 45.8 Å². The Bertz CT molecular complexity index is 692. The van der Waals surface area contributed by atoms with Crippen LogP contribution in [0.5, 0.6) is 0 Å². The number of terminal acetylenes is 1. The Balaban J connectivity index is -0.000000515. The van der Waals surface area contributed by atoms with E-state index in [1.807, 2.05) is 51.9 Å². The molecule has 1 aliphatic heterocycles. The highest BCUT2D eigenvalue weighted by atomic mass is 16.5. The van der Waals surface area contributed by atoms with Crippen LogP contribution in [0.1, 0.15) is 44.2 Å². The van der Waals surface area contributed by atoms with Gasteiger partial charge in [-0.3, -0.25) is 16.5 Å². The first-order chi connectivity index (χ1) is 16.8. The number of likely N-dealkylation sites (tertiary alicyclic amines) is 1. The van der Waals surface area contributed by atoms with Crippen molar-refractivity contribution in [2.24, 2.45) is 17.1 Å². The van der Waals surface area contributed by atoms with E-state index in [9.17, 15) is 14.7 Å². The number of benzene rings is 1. The molecule has 0 spiro atoms. The molecule has 1 fully saturated rings. The molecule has 1 heterocycles. The van der Waals surface area contributed by atoms with E-state index in [4.69, 9.17) is 21.1 Å². The fourth-order valence-electron chi connectivity index (χ4n) is 2.98. The highest BCUT2D eigenvalue weighted by Crippen LogP contribution is 2.27. The van der Waals surface area contributed by atoms with Crippen molar-refractivity contribution in [1.82, 2.24) is 10.2 Å². The van der Waals surface area contributed by atoms with E-state index < -0.39 is 0 Å². The first-order valence-corrected chi connectivity index (χ1v) is 11.1. The molecule has 0 radical (unpaired) electrons. The number of carbonyl (C=O) groups is 3. The van der Waals surface area contributed by atoms with E-state index in [1.165, 1.54) is 5.56 Å². The second-order valence-electron chi connectivity index (χ2n) is 7.99. The van der Waals surface area contributed by atoms with Gasteiger partial charge in [-0.1, -0.05) is 31.9 Å². The lowest BCUT2D eigenvalue weighted by molar-refractivity contribution is -0.133. The summed E-state index contributed by atoms with van der Waals surface area (Å²) in [5, 5.41) is 19.5. The fraction of sp³-hybridized carbons (Fsp3) is 0.560. The summed E-state index contributed by atoms with van der Waals surface area (Å²) in [5.74, 6) is 10.7. The minimum absolute atomic E-state index is 0.0898. The maximum atomic E-state index is 12.0. The largest absolute Gasteiger partial charge is 0.400 e. The van der Waals surface area contributed by atoms with Crippen LogP contribution in [-0.4, -0.2) is 80.7 Å². The Morgan fingerprint density at radius 3 is 2.31 bits per heavy atom. The van der Waals surface area contributed by atoms with Gasteiger partial charge in [0, 0.05) is 45.3 Å². The standard InChI is InChI=1S/C13H23NO4.C10H11N.CH4O.CH2O.H4N2/c1-13(2,4-7-18-8-6-15)9-12(17)14-5-3-11(16)10-14;1-3-9-4-6-10(7-5-9)8-11-2;3*1-2/h6,11,16H,3-5,7-10H2,1-2H3;1,4-7,11H,8H2,2H3;2H,1H3;1H2;1-2H2. The summed E-state index contributed by atoms with van der Waals surface area (Å²) in [6.45, 7) is 8.63. The van der Waals surface area contributed by atoms with Crippen molar-refractivity contribution >= 4 is 19.0 Å². The molecular weight excluding hydrogens is 452 g/mol. The van der Waals surface area contributed by atoms with Crippen LogP contribution in [0.2, 0.25) is 0 Å². The predicted molar refractivity (Wildman–Crippen MR) is 138 cm³/mol. The molecule has 10 nitrogen and oxygen atoms in total. The van der Waals surface area contributed by atoms with Crippen LogP contribution < -0.4 is 17.0 Å². The first kappa shape index (κ1) is 36.9. The van der Waals surface area contributed by atoms with E-state index in [1.54, 1.807) is 4.90 Å². The number of β-amino-alcohol motifs (C(OH)–C–C–N with tert-alkyl or cyclic N) is 1. The van der Waals surface area contributed by atoms with Gasteiger partial charge in [0.2, 0.25) is 5.91 Å². The molecule has 0 bridgehead atoms. The number of amides is 1. The van der Waals surface area contributed by atoms with E-state index >= 15 is 0 Å². The maximum Gasteiger partial charge on any atom is 0.223 e. The molecule has 1 aromatic carbocycles. The van der Waals surface area contributed by atoms with Gasteiger partial charge in [0.1, 0.15) is 19.7 Å². The highest BCUT2D eigenvalue weighted by molar-refractivity contribution is 5.77. The Kier molecular flexibility index (Phi) is 25.8. The molecule has 1 amide bonds. The summed E-state index contributed by atoms with van der Waals surface area (Å²) < 4.78 is 5.11. The zero-order valence-electron chi connectivity index (χ0n) is 21.5. The van der Waals surface area contributed by atoms with Crippen molar-refractivity contribution in [1.29, 1.82) is 0 Å². The lowest BCUT2D eigenvalue weighted by Crippen LogP contribution is -2.33. The first-order valence-electron chi connectivity index (χ1n) is 11.1. The Labute approximate surface area is 210 Å². The molecule has 10 heteroatoms. The number of rotatable bonds is 9. The van der Waals surface area contributed by atoms with E-state index in [0.717, 1.165) is 31.9 Å². The van der Waals surface area contributed by atoms with Gasteiger partial charge >= 0.3 is 0 Å². The van der Waals surface area contributed by atoms with Crippen molar-refractivity contribution in [3.8, 4) is 12.3 Å². The molecule has 0 aromatic heterocycles. The summed E-state index contributed by atoms with van der Waals surface area (Å²) in [6, 6.07) is 7.97. The topological polar surface area (TPSA) is 168 Å². The molecule has 1 atom stereocenters. The number of aliphatic hydroxyl groups is 2. The monoisotopic (exact) mass is 496 g/mol. The van der Waals surface area contributed by atoms with E-state index in [2.05, 4.69) is 22.9 Å². The normalized spacial score (nSPS) is 13.7. The summed E-state index contributed by atoms with van der Waals surface area (Å²) in [4.78, 5) is 31.8. The second-order valence-corrected chi connectivity index (χ2v) is 7.99. The third-order valence-electron chi connectivity index (χ3n) is 4.76. The van der Waals surface area contributed by atoms with Gasteiger partial charge in [0.25, 0.3) is 0 Å². The lowest BCUT2D eigenvalue weighted by atomic mass is 9.85. The third-order valence-corrected chi connectivity index (χ3v) is 4.76. The smallest absolute Gasteiger partial charge is 0.223 e. The minimum Gasteiger partial charge on any atom is -0.400 e. The summed E-state index contributed by atoms with van der Waals surface area (Å²) in [6.07, 6.45) is 7.43. The van der Waals surface area contributed by atoms with Gasteiger partial charge in [-0.05, 0) is 43.0 Å². The number of hydrazine groups is 1. The number of hydrogen-bond acceptors (Lipinski definition) is 9. The van der Waals surface area contributed by atoms with Gasteiger partial charge < -0.3 is 34.8 Å². The van der Waals surface area contributed by atoms with E-state index in [0.29, 0.717) is 32.5 Å². The molecule has 1 aromatic rings. The number of nitrogens with zero attached hydrogens (tertiary/aromatic N) is 1. The van der Waals surface area contributed by atoms with Crippen LogP contribution >= 0.6 is 0 Å². The predicted octanol–water partition coefficient (Wildman–Crippen LogP) is 0.231. The third kappa shape index (κ3) is 19.4. The molecule has 200 valence electrons. The van der Waals surface area contributed by atoms with Crippen LogP contribution in [0.4, 0.5) is 0 Å². The molecule has 1 aliphatic rings. The number of carbonyl (C=O) groups excluding carboxylic acids is 3. The Morgan fingerprint density at radius 1 is 1.31 bits per heavy atom. The zero-order chi connectivity index (χ0) is 27.7.